The molecule has 3 rings (SSSR count). The van der Waals surface area contributed by atoms with Gasteiger partial charge in [0.2, 0.25) is 0 Å². The van der Waals surface area contributed by atoms with Crippen LogP contribution in [0, 0.1) is 6.92 Å². The molecule has 2 atom stereocenters. The minimum absolute atomic E-state index is 0.628. The summed E-state index contributed by atoms with van der Waals surface area (Å²) in [6.07, 6.45) is 5.38. The molecule has 1 aromatic heterocycles. The van der Waals surface area contributed by atoms with Crippen LogP contribution in [0.3, 0.4) is 0 Å². The molecule has 0 saturated carbocycles. The molecule has 0 radical (unpaired) electrons. The summed E-state index contributed by atoms with van der Waals surface area (Å²) in [6, 6.07) is 5.38. The maximum Gasteiger partial charge on any atom is 0.122 e. The van der Waals surface area contributed by atoms with E-state index in [0.29, 0.717) is 6.04 Å². The average molecular weight is 275 g/mol. The van der Waals surface area contributed by atoms with Gasteiger partial charge in [0.05, 0.1) is 12.8 Å². The van der Waals surface area contributed by atoms with E-state index in [0.717, 1.165) is 29.7 Å². The minimum Gasteiger partial charge on any atom is -0.497 e. The first kappa shape index (κ1) is 13.8. The van der Waals surface area contributed by atoms with Gasteiger partial charge < -0.3 is 10.1 Å². The molecule has 20 heavy (non-hydrogen) atoms. The molecule has 0 aliphatic carbocycles. The van der Waals surface area contributed by atoms with Crippen molar-refractivity contribution < 1.29 is 4.74 Å². The van der Waals surface area contributed by atoms with Crippen molar-refractivity contribution in [1.82, 2.24) is 15.2 Å². The zero-order valence-electron chi connectivity index (χ0n) is 12.6. The van der Waals surface area contributed by atoms with E-state index in [1.807, 2.05) is 19.1 Å². The first-order valence-corrected chi connectivity index (χ1v) is 7.75. The number of methoxy groups -OCH3 is 1. The number of piperidine rings is 1. The number of aromatic nitrogens is 1. The Morgan fingerprint density at radius 2 is 2.20 bits per heavy atom. The molecule has 0 aromatic carbocycles. The molecule has 2 fully saturated rings. The van der Waals surface area contributed by atoms with E-state index in [1.54, 1.807) is 7.11 Å². The van der Waals surface area contributed by atoms with E-state index < -0.39 is 0 Å². The van der Waals surface area contributed by atoms with Crippen LogP contribution in [0.5, 0.6) is 5.75 Å². The van der Waals surface area contributed by atoms with Gasteiger partial charge in [-0.1, -0.05) is 6.42 Å². The Morgan fingerprint density at radius 3 is 3.05 bits per heavy atom. The van der Waals surface area contributed by atoms with E-state index >= 15 is 0 Å². The summed E-state index contributed by atoms with van der Waals surface area (Å²) in [5.41, 5.74) is 2.10. The molecule has 0 amide bonds. The monoisotopic (exact) mass is 275 g/mol. The van der Waals surface area contributed by atoms with E-state index in [9.17, 15) is 0 Å². The molecule has 4 heteroatoms. The van der Waals surface area contributed by atoms with Gasteiger partial charge in [-0.25, -0.2) is 0 Å². The van der Waals surface area contributed by atoms with Crippen LogP contribution < -0.4 is 10.1 Å². The Bertz CT molecular complexity index is 463. The van der Waals surface area contributed by atoms with Crippen molar-refractivity contribution in [2.24, 2.45) is 0 Å². The number of fused-ring (bicyclic) bond motifs is 1. The predicted octanol–water partition coefficient (Wildman–Crippen LogP) is 2.12. The molecular formula is C16H25N3O. The van der Waals surface area contributed by atoms with Crippen LogP contribution in [0.4, 0.5) is 0 Å². The van der Waals surface area contributed by atoms with Crippen LogP contribution in [0.15, 0.2) is 12.1 Å². The fourth-order valence-corrected chi connectivity index (χ4v) is 3.63. The van der Waals surface area contributed by atoms with Crippen LogP contribution in [-0.4, -0.2) is 42.2 Å². The zero-order valence-corrected chi connectivity index (χ0v) is 12.6. The second kappa shape index (κ2) is 6.10. The lowest BCUT2D eigenvalue weighted by atomic mass is 9.99. The Labute approximate surface area is 121 Å². The zero-order chi connectivity index (χ0) is 13.9. The second-order valence-electron chi connectivity index (χ2n) is 6.01. The molecule has 2 aliphatic rings. The van der Waals surface area contributed by atoms with Gasteiger partial charge in [-0.2, -0.15) is 0 Å². The lowest BCUT2D eigenvalue weighted by molar-refractivity contribution is 0.180. The van der Waals surface area contributed by atoms with Gasteiger partial charge in [-0.3, -0.25) is 9.88 Å². The summed E-state index contributed by atoms with van der Waals surface area (Å²) < 4.78 is 5.32. The van der Waals surface area contributed by atoms with Crippen LogP contribution in [-0.2, 0) is 6.54 Å². The number of nitrogens with zero attached hydrogens (tertiary/aromatic N) is 2. The molecule has 110 valence electrons. The van der Waals surface area contributed by atoms with Crippen LogP contribution in [0.1, 0.15) is 37.1 Å². The van der Waals surface area contributed by atoms with Gasteiger partial charge in [-0.15, -0.1) is 0 Å². The maximum absolute atomic E-state index is 5.32. The molecule has 3 heterocycles. The third-order valence-electron chi connectivity index (χ3n) is 4.62. The number of pyridine rings is 1. The summed E-state index contributed by atoms with van der Waals surface area (Å²) in [5, 5.41) is 3.72. The van der Waals surface area contributed by atoms with Crippen LogP contribution >= 0.6 is 0 Å². The number of rotatable bonds is 4. The molecule has 1 N–H and O–H groups in total. The number of ether oxygens (including phenoxy) is 1. The first-order chi connectivity index (χ1) is 9.76. The van der Waals surface area contributed by atoms with Gasteiger partial charge in [0.1, 0.15) is 5.75 Å². The van der Waals surface area contributed by atoms with E-state index in [4.69, 9.17) is 4.74 Å². The number of aryl methyl sites for hydroxylation is 1. The van der Waals surface area contributed by atoms with Gasteiger partial charge in [0.25, 0.3) is 0 Å². The fourth-order valence-electron chi connectivity index (χ4n) is 3.63. The average Bonchev–Trinajstić information content (AvgIpc) is 2.88. The molecular weight excluding hydrogens is 250 g/mol. The number of nitrogens with one attached hydrogen (secondary N) is 1. The molecule has 2 unspecified atom stereocenters. The Morgan fingerprint density at radius 1 is 1.30 bits per heavy atom. The van der Waals surface area contributed by atoms with Gasteiger partial charge in [0, 0.05) is 43.0 Å². The first-order valence-electron chi connectivity index (χ1n) is 7.75. The summed E-state index contributed by atoms with van der Waals surface area (Å²) >= 11 is 0. The topological polar surface area (TPSA) is 37.4 Å². The van der Waals surface area contributed by atoms with E-state index in [1.165, 1.54) is 38.8 Å². The predicted molar refractivity (Wildman–Crippen MR) is 80.0 cm³/mol. The largest absolute Gasteiger partial charge is 0.497 e. The Kier molecular flexibility index (Phi) is 4.22. The Balaban J connectivity index is 1.60. The van der Waals surface area contributed by atoms with Gasteiger partial charge in [-0.05, 0) is 32.7 Å². The maximum atomic E-state index is 5.32. The van der Waals surface area contributed by atoms with Crippen molar-refractivity contribution >= 4 is 0 Å². The number of hydrogen-bond donors (Lipinski definition) is 1. The van der Waals surface area contributed by atoms with Crippen molar-refractivity contribution in [2.45, 2.75) is 51.2 Å². The van der Waals surface area contributed by atoms with Crippen LogP contribution in [0.2, 0.25) is 0 Å². The van der Waals surface area contributed by atoms with Gasteiger partial charge in [0.15, 0.2) is 0 Å². The van der Waals surface area contributed by atoms with E-state index in [2.05, 4.69) is 15.2 Å². The Hall–Kier alpha value is -1.13. The summed E-state index contributed by atoms with van der Waals surface area (Å²) in [4.78, 5) is 7.25. The summed E-state index contributed by atoms with van der Waals surface area (Å²) in [5.74, 6) is 0.903. The highest BCUT2D eigenvalue weighted by Gasteiger charge is 2.34. The van der Waals surface area contributed by atoms with Gasteiger partial charge >= 0.3 is 0 Å². The highest BCUT2D eigenvalue weighted by atomic mass is 16.5. The van der Waals surface area contributed by atoms with E-state index in [-0.39, 0.29) is 0 Å². The summed E-state index contributed by atoms with van der Waals surface area (Å²) in [6.45, 7) is 5.41. The molecule has 2 aliphatic heterocycles. The minimum atomic E-state index is 0.628. The van der Waals surface area contributed by atoms with Crippen molar-refractivity contribution in [2.75, 3.05) is 20.2 Å². The number of hydrogen-bond acceptors (Lipinski definition) is 4. The third kappa shape index (κ3) is 2.96. The third-order valence-corrected chi connectivity index (χ3v) is 4.62. The lowest BCUT2D eigenvalue weighted by Crippen LogP contribution is -2.44. The lowest BCUT2D eigenvalue weighted by Gasteiger charge is -2.32. The summed E-state index contributed by atoms with van der Waals surface area (Å²) in [7, 11) is 1.71. The molecule has 0 bridgehead atoms. The smallest absolute Gasteiger partial charge is 0.122 e. The highest BCUT2D eigenvalue weighted by Crippen LogP contribution is 2.27. The van der Waals surface area contributed by atoms with Crippen LogP contribution in [0.25, 0.3) is 0 Å². The molecule has 4 nitrogen and oxygen atoms in total. The molecule has 1 aromatic rings. The van der Waals surface area contributed by atoms with Crippen molar-refractivity contribution in [3.8, 4) is 5.75 Å². The fraction of sp³-hybridized carbons (Fsp3) is 0.688. The quantitative estimate of drug-likeness (QED) is 0.913. The standard InChI is InChI=1S/C16H25N3O/c1-12-9-14(20-2)10-13(18-12)11-17-15-6-8-19-7-4-3-5-16(15)19/h9-10,15-17H,3-8,11H2,1-2H3. The molecule has 2 saturated heterocycles. The van der Waals surface area contributed by atoms with Crippen molar-refractivity contribution in [1.29, 1.82) is 0 Å². The van der Waals surface area contributed by atoms with Crippen molar-refractivity contribution in [3.63, 3.8) is 0 Å². The molecule has 0 spiro atoms. The highest BCUT2D eigenvalue weighted by molar-refractivity contribution is 5.26. The normalized spacial score (nSPS) is 26.5. The van der Waals surface area contributed by atoms with Crippen molar-refractivity contribution in [3.05, 3.63) is 23.5 Å². The SMILES string of the molecule is COc1cc(C)nc(CNC2CCN3CCCCC23)c1. The second-order valence-corrected chi connectivity index (χ2v) is 6.01.